The van der Waals surface area contributed by atoms with Crippen molar-refractivity contribution in [2.24, 2.45) is 11.5 Å². The van der Waals surface area contributed by atoms with Gasteiger partial charge in [-0.3, -0.25) is 0 Å². The van der Waals surface area contributed by atoms with E-state index in [1.807, 2.05) is 6.92 Å². The number of hydrogen-bond acceptors (Lipinski definition) is 2. The Morgan fingerprint density at radius 3 is 2.25 bits per heavy atom. The third-order valence-electron chi connectivity index (χ3n) is 0.933. The quantitative estimate of drug-likeness (QED) is 0.517. The summed E-state index contributed by atoms with van der Waals surface area (Å²) in [4.78, 5) is 0. The summed E-state index contributed by atoms with van der Waals surface area (Å²) in [5.74, 6) is 0. The van der Waals surface area contributed by atoms with Gasteiger partial charge in [0.1, 0.15) is 0 Å². The summed E-state index contributed by atoms with van der Waals surface area (Å²) in [6, 6.07) is 0. The molecule has 0 heterocycles. The van der Waals surface area contributed by atoms with Crippen molar-refractivity contribution in [3.05, 3.63) is 24.0 Å². The lowest BCUT2D eigenvalue weighted by Gasteiger charge is -1.89. The normalized spacial score (nSPS) is 12.9. The van der Waals surface area contributed by atoms with Gasteiger partial charge in [-0.05, 0) is 30.5 Å². The average Bonchev–Trinajstić information content (AvgIpc) is 1.83. The smallest absolute Gasteiger partial charge is 0.00293 e. The van der Waals surface area contributed by atoms with E-state index in [2.05, 4.69) is 0 Å². The standard InChI is InChI=1S/C6H12N2/c1-2-6(5-8)3-4-7/h3-5H,2,7-8H2,1H3/b4-3-,6-5-. The van der Waals surface area contributed by atoms with Gasteiger partial charge in [0.15, 0.2) is 0 Å². The van der Waals surface area contributed by atoms with Crippen LogP contribution in [0.4, 0.5) is 0 Å². The van der Waals surface area contributed by atoms with Gasteiger partial charge in [0.2, 0.25) is 0 Å². The molecule has 0 bridgehead atoms. The van der Waals surface area contributed by atoms with E-state index in [0.717, 1.165) is 12.0 Å². The number of allylic oxidation sites excluding steroid dienone is 2. The molecule has 0 spiro atoms. The fourth-order valence-electron chi connectivity index (χ4n) is 0.415. The monoisotopic (exact) mass is 112 g/mol. The second-order valence-electron chi connectivity index (χ2n) is 1.45. The van der Waals surface area contributed by atoms with Crippen molar-refractivity contribution in [1.82, 2.24) is 0 Å². The van der Waals surface area contributed by atoms with Crippen molar-refractivity contribution in [3.63, 3.8) is 0 Å². The van der Waals surface area contributed by atoms with E-state index in [1.54, 1.807) is 12.3 Å². The van der Waals surface area contributed by atoms with Crippen LogP contribution in [0.5, 0.6) is 0 Å². The molecule has 0 aromatic carbocycles. The predicted molar refractivity (Wildman–Crippen MR) is 35.9 cm³/mol. The van der Waals surface area contributed by atoms with E-state index in [4.69, 9.17) is 11.5 Å². The molecule has 4 N–H and O–H groups in total. The molecule has 2 nitrogen and oxygen atoms in total. The van der Waals surface area contributed by atoms with Crippen LogP contribution in [-0.4, -0.2) is 0 Å². The average molecular weight is 112 g/mol. The maximum atomic E-state index is 5.20. The van der Waals surface area contributed by atoms with Crippen LogP contribution in [0.3, 0.4) is 0 Å². The first-order valence-corrected chi connectivity index (χ1v) is 2.64. The molecule has 0 saturated carbocycles. The minimum atomic E-state index is 0.935. The Bertz CT molecular complexity index is 100. The molecule has 0 aliphatic carbocycles. The van der Waals surface area contributed by atoms with Crippen LogP contribution in [0.1, 0.15) is 13.3 Å². The van der Waals surface area contributed by atoms with E-state index in [-0.39, 0.29) is 0 Å². The highest BCUT2D eigenvalue weighted by Crippen LogP contribution is 1.97. The van der Waals surface area contributed by atoms with Gasteiger partial charge in [-0.2, -0.15) is 0 Å². The molecule has 46 valence electrons. The molecule has 0 aromatic rings. The summed E-state index contributed by atoms with van der Waals surface area (Å²) >= 11 is 0. The van der Waals surface area contributed by atoms with Crippen LogP contribution in [0.25, 0.3) is 0 Å². The van der Waals surface area contributed by atoms with Gasteiger partial charge in [0, 0.05) is 0 Å². The molecule has 2 heteroatoms. The zero-order valence-corrected chi connectivity index (χ0v) is 5.09. The van der Waals surface area contributed by atoms with Crippen molar-refractivity contribution in [2.75, 3.05) is 0 Å². The lowest BCUT2D eigenvalue weighted by molar-refractivity contribution is 1.13. The van der Waals surface area contributed by atoms with Crippen molar-refractivity contribution >= 4 is 0 Å². The Hall–Kier alpha value is -0.920. The van der Waals surface area contributed by atoms with E-state index in [0.29, 0.717) is 0 Å². The molecule has 0 fully saturated rings. The van der Waals surface area contributed by atoms with Crippen molar-refractivity contribution in [2.45, 2.75) is 13.3 Å². The number of nitrogens with two attached hydrogens (primary N) is 2. The Morgan fingerprint density at radius 1 is 1.50 bits per heavy atom. The minimum Gasteiger partial charge on any atom is -0.405 e. The Labute approximate surface area is 49.9 Å². The molecule has 0 aromatic heterocycles. The highest BCUT2D eigenvalue weighted by Gasteiger charge is 1.80. The van der Waals surface area contributed by atoms with E-state index < -0.39 is 0 Å². The maximum absolute atomic E-state index is 5.20. The number of hydrogen-bond donors (Lipinski definition) is 2. The summed E-state index contributed by atoms with van der Waals surface area (Å²) in [5, 5.41) is 0. The SMILES string of the molecule is CCC(/C=C\N)=C/N. The van der Waals surface area contributed by atoms with Crippen LogP contribution in [-0.2, 0) is 0 Å². The molecule has 0 rings (SSSR count). The van der Waals surface area contributed by atoms with E-state index in [9.17, 15) is 0 Å². The maximum Gasteiger partial charge on any atom is -0.00293 e. The summed E-state index contributed by atoms with van der Waals surface area (Å²) < 4.78 is 0. The van der Waals surface area contributed by atoms with Gasteiger partial charge >= 0.3 is 0 Å². The number of rotatable bonds is 2. The Balaban J connectivity index is 3.72. The topological polar surface area (TPSA) is 52.0 Å². The third kappa shape index (κ3) is 2.29. The molecule has 0 unspecified atom stereocenters. The summed E-state index contributed by atoms with van der Waals surface area (Å²) in [6.07, 6.45) is 5.77. The third-order valence-corrected chi connectivity index (χ3v) is 0.933. The first-order valence-electron chi connectivity index (χ1n) is 2.64. The first-order chi connectivity index (χ1) is 3.85. The lowest BCUT2D eigenvalue weighted by Crippen LogP contribution is -1.85. The summed E-state index contributed by atoms with van der Waals surface area (Å²) in [6.45, 7) is 2.03. The largest absolute Gasteiger partial charge is 0.405 e. The van der Waals surface area contributed by atoms with Gasteiger partial charge < -0.3 is 11.5 Å². The lowest BCUT2D eigenvalue weighted by atomic mass is 10.2. The summed E-state index contributed by atoms with van der Waals surface area (Å²) in [5.41, 5.74) is 11.4. The highest BCUT2D eigenvalue weighted by molar-refractivity contribution is 5.15. The Morgan fingerprint density at radius 2 is 2.12 bits per heavy atom. The molecule has 0 saturated heterocycles. The fourth-order valence-corrected chi connectivity index (χ4v) is 0.415. The zero-order chi connectivity index (χ0) is 6.41. The Kier molecular flexibility index (Phi) is 3.76. The van der Waals surface area contributed by atoms with Gasteiger partial charge in [-0.25, -0.2) is 0 Å². The first kappa shape index (κ1) is 7.08. The fraction of sp³-hybridized carbons (Fsp3) is 0.333. The highest BCUT2D eigenvalue weighted by atomic mass is 14.5. The van der Waals surface area contributed by atoms with E-state index >= 15 is 0 Å². The van der Waals surface area contributed by atoms with Gasteiger partial charge in [0.05, 0.1) is 0 Å². The van der Waals surface area contributed by atoms with Crippen LogP contribution >= 0.6 is 0 Å². The molecular weight excluding hydrogens is 100 g/mol. The van der Waals surface area contributed by atoms with Crippen LogP contribution < -0.4 is 11.5 Å². The minimum absolute atomic E-state index is 0.935. The van der Waals surface area contributed by atoms with E-state index in [1.165, 1.54) is 6.20 Å². The molecular formula is C6H12N2. The van der Waals surface area contributed by atoms with Gasteiger partial charge in [0.25, 0.3) is 0 Å². The van der Waals surface area contributed by atoms with Crippen LogP contribution in [0, 0.1) is 0 Å². The second-order valence-corrected chi connectivity index (χ2v) is 1.45. The molecule has 0 atom stereocenters. The molecule has 0 aliphatic heterocycles. The molecule has 0 aliphatic rings. The zero-order valence-electron chi connectivity index (χ0n) is 5.09. The van der Waals surface area contributed by atoms with Crippen molar-refractivity contribution < 1.29 is 0 Å². The van der Waals surface area contributed by atoms with Crippen LogP contribution in [0.15, 0.2) is 24.0 Å². The van der Waals surface area contributed by atoms with Gasteiger partial charge in [-0.15, -0.1) is 0 Å². The van der Waals surface area contributed by atoms with Gasteiger partial charge in [-0.1, -0.05) is 6.92 Å². The molecule has 8 heavy (non-hydrogen) atoms. The van der Waals surface area contributed by atoms with Crippen LogP contribution in [0.2, 0.25) is 0 Å². The van der Waals surface area contributed by atoms with Crippen molar-refractivity contribution in [3.8, 4) is 0 Å². The predicted octanol–water partition coefficient (Wildman–Crippen LogP) is 0.711. The van der Waals surface area contributed by atoms with Crippen molar-refractivity contribution in [1.29, 1.82) is 0 Å². The molecule has 0 amide bonds. The summed E-state index contributed by atoms with van der Waals surface area (Å²) in [7, 11) is 0. The second kappa shape index (κ2) is 4.24. The molecule has 0 radical (unpaired) electrons.